The minimum absolute atomic E-state index is 0.293. The summed E-state index contributed by atoms with van der Waals surface area (Å²) in [6.45, 7) is 5.85. The number of nitrogens with two attached hydrogens (primary N) is 1. The summed E-state index contributed by atoms with van der Waals surface area (Å²) < 4.78 is 1.92. The van der Waals surface area contributed by atoms with Gasteiger partial charge in [0, 0.05) is 18.8 Å². The number of carbonyl (C=O) groups excluding carboxylic acids is 1. The first kappa shape index (κ1) is 16.7. The van der Waals surface area contributed by atoms with Crippen molar-refractivity contribution in [1.29, 1.82) is 0 Å². The van der Waals surface area contributed by atoms with Crippen LogP contribution in [-0.4, -0.2) is 44.4 Å². The molecule has 3 N–H and O–H groups in total. The lowest BCUT2D eigenvalue weighted by atomic mass is 9.92. The lowest BCUT2D eigenvalue weighted by Gasteiger charge is -2.37. The highest BCUT2D eigenvalue weighted by atomic mass is 16.3. The van der Waals surface area contributed by atoms with Gasteiger partial charge in [-0.3, -0.25) is 9.69 Å². The number of piperidine rings is 1. The number of amides is 1. The van der Waals surface area contributed by atoms with Gasteiger partial charge in [-0.05, 0) is 57.0 Å². The SMILES string of the molecule is Cc1cc(C)n(-c2ccc(CN3CCC[C@@](O)(C(N)=O)C3)cc2)n1. The maximum atomic E-state index is 11.4. The molecule has 0 aliphatic carbocycles. The molecule has 1 aliphatic rings. The van der Waals surface area contributed by atoms with Crippen LogP contribution in [0, 0.1) is 13.8 Å². The fraction of sp³-hybridized carbons (Fsp3) is 0.444. The lowest BCUT2D eigenvalue weighted by Crippen LogP contribution is -2.55. The summed E-state index contributed by atoms with van der Waals surface area (Å²) in [6.07, 6.45) is 1.21. The minimum Gasteiger partial charge on any atom is -0.379 e. The van der Waals surface area contributed by atoms with Crippen LogP contribution in [0.2, 0.25) is 0 Å². The van der Waals surface area contributed by atoms with Crippen LogP contribution in [0.5, 0.6) is 0 Å². The molecule has 24 heavy (non-hydrogen) atoms. The number of primary amides is 1. The zero-order valence-corrected chi connectivity index (χ0v) is 14.2. The molecule has 1 atom stereocenters. The van der Waals surface area contributed by atoms with E-state index in [-0.39, 0.29) is 0 Å². The third-order valence-corrected chi connectivity index (χ3v) is 4.61. The van der Waals surface area contributed by atoms with Gasteiger partial charge in [-0.1, -0.05) is 12.1 Å². The fourth-order valence-electron chi connectivity index (χ4n) is 3.35. The summed E-state index contributed by atoms with van der Waals surface area (Å²) in [5.41, 5.74) is 8.19. The molecule has 0 saturated carbocycles. The highest BCUT2D eigenvalue weighted by Crippen LogP contribution is 2.23. The molecule has 1 fully saturated rings. The van der Waals surface area contributed by atoms with E-state index < -0.39 is 11.5 Å². The Balaban J connectivity index is 1.70. The zero-order chi connectivity index (χ0) is 17.3. The predicted octanol–water partition coefficient (Wildman–Crippen LogP) is 1.30. The Kier molecular flexibility index (Phi) is 4.43. The molecule has 1 aromatic heterocycles. The molecule has 6 heteroatoms. The van der Waals surface area contributed by atoms with Crippen molar-refractivity contribution in [3.63, 3.8) is 0 Å². The Bertz CT molecular complexity index is 738. The molecular weight excluding hydrogens is 304 g/mol. The quantitative estimate of drug-likeness (QED) is 0.886. The van der Waals surface area contributed by atoms with Gasteiger partial charge in [0.25, 0.3) is 5.91 Å². The van der Waals surface area contributed by atoms with Gasteiger partial charge in [0.1, 0.15) is 0 Å². The van der Waals surface area contributed by atoms with E-state index in [2.05, 4.69) is 22.1 Å². The summed E-state index contributed by atoms with van der Waals surface area (Å²) >= 11 is 0. The zero-order valence-electron chi connectivity index (χ0n) is 14.2. The third kappa shape index (κ3) is 3.34. The predicted molar refractivity (Wildman–Crippen MR) is 91.7 cm³/mol. The van der Waals surface area contributed by atoms with E-state index in [0.717, 1.165) is 35.6 Å². The highest BCUT2D eigenvalue weighted by molar-refractivity contribution is 5.83. The van der Waals surface area contributed by atoms with E-state index in [0.29, 0.717) is 19.5 Å². The van der Waals surface area contributed by atoms with Crippen molar-refractivity contribution >= 4 is 5.91 Å². The smallest absolute Gasteiger partial charge is 0.250 e. The summed E-state index contributed by atoms with van der Waals surface area (Å²) in [5, 5.41) is 14.8. The Morgan fingerprint density at radius 2 is 2.04 bits per heavy atom. The number of hydrogen-bond acceptors (Lipinski definition) is 4. The fourth-order valence-corrected chi connectivity index (χ4v) is 3.35. The second kappa shape index (κ2) is 6.37. The molecule has 2 heterocycles. The number of β-amino-alcohol motifs (C(OH)–C–C–N with tert-alkyl or cyclic N) is 1. The number of rotatable bonds is 4. The number of hydrogen-bond donors (Lipinski definition) is 2. The van der Waals surface area contributed by atoms with Gasteiger partial charge < -0.3 is 10.8 Å². The number of aryl methyl sites for hydroxylation is 2. The largest absolute Gasteiger partial charge is 0.379 e. The van der Waals surface area contributed by atoms with Crippen molar-refractivity contribution in [2.24, 2.45) is 5.73 Å². The van der Waals surface area contributed by atoms with Crippen LogP contribution in [0.3, 0.4) is 0 Å². The highest BCUT2D eigenvalue weighted by Gasteiger charge is 2.38. The Labute approximate surface area is 141 Å². The molecule has 2 aromatic rings. The van der Waals surface area contributed by atoms with E-state index in [1.165, 1.54) is 0 Å². The number of carbonyl (C=O) groups is 1. The molecule has 0 radical (unpaired) electrons. The van der Waals surface area contributed by atoms with Crippen LogP contribution in [0.25, 0.3) is 5.69 Å². The average molecular weight is 328 g/mol. The van der Waals surface area contributed by atoms with Crippen LogP contribution < -0.4 is 5.73 Å². The maximum Gasteiger partial charge on any atom is 0.250 e. The number of benzene rings is 1. The summed E-state index contributed by atoms with van der Waals surface area (Å²) in [5.74, 6) is -0.632. The van der Waals surface area contributed by atoms with Crippen LogP contribution in [0.4, 0.5) is 0 Å². The normalized spacial score (nSPS) is 21.8. The van der Waals surface area contributed by atoms with Gasteiger partial charge in [0.15, 0.2) is 5.60 Å². The Morgan fingerprint density at radius 3 is 2.62 bits per heavy atom. The number of likely N-dealkylation sites (tertiary alicyclic amines) is 1. The second-order valence-corrected chi connectivity index (χ2v) is 6.72. The van der Waals surface area contributed by atoms with Crippen LogP contribution in [0.15, 0.2) is 30.3 Å². The van der Waals surface area contributed by atoms with Crippen molar-refractivity contribution in [3.05, 3.63) is 47.3 Å². The van der Waals surface area contributed by atoms with E-state index in [9.17, 15) is 9.90 Å². The van der Waals surface area contributed by atoms with Gasteiger partial charge in [-0.15, -0.1) is 0 Å². The topological polar surface area (TPSA) is 84.4 Å². The second-order valence-electron chi connectivity index (χ2n) is 6.72. The Hall–Kier alpha value is -2.18. The molecule has 1 amide bonds. The molecule has 0 unspecified atom stereocenters. The number of nitrogens with zero attached hydrogens (tertiary/aromatic N) is 3. The molecule has 6 nitrogen and oxygen atoms in total. The van der Waals surface area contributed by atoms with Crippen LogP contribution in [0.1, 0.15) is 29.8 Å². The summed E-state index contributed by atoms with van der Waals surface area (Å²) in [7, 11) is 0. The van der Waals surface area contributed by atoms with Crippen molar-refractivity contribution in [2.45, 2.75) is 38.8 Å². The first-order valence-electron chi connectivity index (χ1n) is 8.25. The first-order valence-corrected chi connectivity index (χ1v) is 8.25. The van der Waals surface area contributed by atoms with Crippen molar-refractivity contribution in [3.8, 4) is 5.69 Å². The number of aliphatic hydroxyl groups is 1. The molecule has 0 bridgehead atoms. The van der Waals surface area contributed by atoms with Gasteiger partial charge in [-0.2, -0.15) is 5.10 Å². The third-order valence-electron chi connectivity index (χ3n) is 4.61. The van der Waals surface area contributed by atoms with Gasteiger partial charge in [0.05, 0.1) is 11.4 Å². The van der Waals surface area contributed by atoms with E-state index in [1.54, 1.807) is 0 Å². The first-order chi connectivity index (χ1) is 11.4. The van der Waals surface area contributed by atoms with Crippen LogP contribution >= 0.6 is 0 Å². The molecule has 3 rings (SSSR count). The molecular formula is C18H24N4O2. The summed E-state index contributed by atoms with van der Waals surface area (Å²) in [6, 6.07) is 10.2. The standard InChI is InChI=1S/C18H24N4O2/c1-13-10-14(2)22(20-13)16-6-4-15(5-7-16)11-21-9-3-8-18(24,12-21)17(19)23/h4-7,10,24H,3,8-9,11-12H2,1-2H3,(H2,19,23)/t18-/m0/s1. The van der Waals surface area contributed by atoms with E-state index in [4.69, 9.17) is 5.73 Å². The summed E-state index contributed by atoms with van der Waals surface area (Å²) in [4.78, 5) is 13.5. The number of aromatic nitrogens is 2. The van der Waals surface area contributed by atoms with Gasteiger partial charge in [0.2, 0.25) is 0 Å². The monoisotopic (exact) mass is 328 g/mol. The molecule has 1 saturated heterocycles. The van der Waals surface area contributed by atoms with Gasteiger partial charge in [-0.25, -0.2) is 4.68 Å². The Morgan fingerprint density at radius 1 is 1.33 bits per heavy atom. The lowest BCUT2D eigenvalue weighted by molar-refractivity contribution is -0.142. The van der Waals surface area contributed by atoms with E-state index >= 15 is 0 Å². The van der Waals surface area contributed by atoms with Crippen molar-refractivity contribution in [1.82, 2.24) is 14.7 Å². The molecule has 0 spiro atoms. The average Bonchev–Trinajstić information content (AvgIpc) is 2.87. The minimum atomic E-state index is -1.40. The van der Waals surface area contributed by atoms with Crippen molar-refractivity contribution < 1.29 is 9.90 Å². The van der Waals surface area contributed by atoms with Gasteiger partial charge >= 0.3 is 0 Å². The van der Waals surface area contributed by atoms with Crippen molar-refractivity contribution in [2.75, 3.05) is 13.1 Å². The van der Waals surface area contributed by atoms with E-state index in [1.807, 2.05) is 36.7 Å². The molecule has 1 aromatic carbocycles. The van der Waals surface area contributed by atoms with Crippen LogP contribution in [-0.2, 0) is 11.3 Å². The maximum absolute atomic E-state index is 11.4. The molecule has 1 aliphatic heterocycles. The molecule has 128 valence electrons.